The first kappa shape index (κ1) is 16.9. The zero-order valence-electron chi connectivity index (χ0n) is 14.5. The van der Waals surface area contributed by atoms with E-state index in [1.807, 2.05) is 19.9 Å². The molecule has 6 nitrogen and oxygen atoms in total. The van der Waals surface area contributed by atoms with E-state index in [0.29, 0.717) is 17.8 Å². The summed E-state index contributed by atoms with van der Waals surface area (Å²) in [5.74, 6) is 0.148. The molecule has 1 amide bonds. The van der Waals surface area contributed by atoms with Crippen molar-refractivity contribution in [2.24, 2.45) is 0 Å². The quantitative estimate of drug-likeness (QED) is 0.825. The molecular weight excluding hydrogens is 304 g/mol. The van der Waals surface area contributed by atoms with Crippen LogP contribution in [0.1, 0.15) is 61.5 Å². The van der Waals surface area contributed by atoms with Gasteiger partial charge < -0.3 is 14.7 Å². The topological polar surface area (TPSA) is 71.3 Å². The Morgan fingerprint density at radius 3 is 2.88 bits per heavy atom. The van der Waals surface area contributed by atoms with Crippen LogP contribution >= 0.6 is 0 Å². The Hall–Kier alpha value is -1.95. The lowest BCUT2D eigenvalue weighted by molar-refractivity contribution is 0.0951. The lowest BCUT2D eigenvalue weighted by Gasteiger charge is -2.26. The Kier molecular flexibility index (Phi) is 5.45. The number of carbonyl (C=O) groups excluding carboxylic acids is 1. The molecule has 2 aromatic rings. The van der Waals surface area contributed by atoms with Crippen LogP contribution in [0.25, 0.3) is 11.1 Å². The van der Waals surface area contributed by atoms with E-state index in [-0.39, 0.29) is 11.8 Å². The predicted octanol–water partition coefficient (Wildman–Crippen LogP) is 2.95. The van der Waals surface area contributed by atoms with E-state index in [1.165, 1.54) is 32.4 Å². The molecule has 2 aromatic heterocycles. The van der Waals surface area contributed by atoms with Crippen molar-refractivity contribution < 1.29 is 9.32 Å². The summed E-state index contributed by atoms with van der Waals surface area (Å²) in [5, 5.41) is 7.86. The molecule has 0 atom stereocenters. The number of rotatable bonds is 6. The molecule has 24 heavy (non-hydrogen) atoms. The lowest BCUT2D eigenvalue weighted by atomic mass is 10.1. The summed E-state index contributed by atoms with van der Waals surface area (Å²) in [5.41, 5.74) is 1.89. The third-order valence-electron chi connectivity index (χ3n) is 4.55. The van der Waals surface area contributed by atoms with Crippen LogP contribution in [0.4, 0.5) is 0 Å². The molecule has 0 bridgehead atoms. The minimum Gasteiger partial charge on any atom is -0.352 e. The molecule has 1 N–H and O–H groups in total. The fourth-order valence-electron chi connectivity index (χ4n) is 3.18. The molecule has 0 spiro atoms. The predicted molar refractivity (Wildman–Crippen MR) is 93.1 cm³/mol. The van der Waals surface area contributed by atoms with Crippen LogP contribution in [0.2, 0.25) is 0 Å². The summed E-state index contributed by atoms with van der Waals surface area (Å²) in [6, 6.07) is 1.83. The van der Waals surface area contributed by atoms with Gasteiger partial charge in [-0.3, -0.25) is 4.79 Å². The van der Waals surface area contributed by atoms with E-state index >= 15 is 0 Å². The molecular formula is C18H26N4O2. The normalized spacial score (nSPS) is 16.0. The smallest absolute Gasteiger partial charge is 0.257 e. The molecule has 6 heteroatoms. The molecule has 0 aliphatic carbocycles. The van der Waals surface area contributed by atoms with Gasteiger partial charge in [-0.1, -0.05) is 25.4 Å². The van der Waals surface area contributed by atoms with Gasteiger partial charge in [0.1, 0.15) is 0 Å². The van der Waals surface area contributed by atoms with Crippen LogP contribution in [0, 0.1) is 0 Å². The number of likely N-dealkylation sites (tertiary alicyclic amines) is 1. The van der Waals surface area contributed by atoms with Crippen LogP contribution in [0.15, 0.2) is 16.8 Å². The Morgan fingerprint density at radius 1 is 1.33 bits per heavy atom. The van der Waals surface area contributed by atoms with Crippen molar-refractivity contribution in [1.82, 2.24) is 20.4 Å². The van der Waals surface area contributed by atoms with Crippen molar-refractivity contribution in [3.63, 3.8) is 0 Å². The summed E-state index contributed by atoms with van der Waals surface area (Å²) in [4.78, 5) is 19.0. The Balaban J connectivity index is 1.54. The minimum absolute atomic E-state index is 0.0843. The Labute approximate surface area is 142 Å². The fraction of sp³-hybridized carbons (Fsp3) is 0.611. The Morgan fingerprint density at radius 2 is 2.12 bits per heavy atom. The molecule has 0 saturated carbocycles. The van der Waals surface area contributed by atoms with Gasteiger partial charge in [0.2, 0.25) is 0 Å². The molecule has 1 aliphatic rings. The number of nitrogens with one attached hydrogen (secondary N) is 1. The van der Waals surface area contributed by atoms with Crippen LogP contribution in [-0.4, -0.2) is 47.1 Å². The number of amides is 1. The first-order chi connectivity index (χ1) is 11.6. The van der Waals surface area contributed by atoms with Crippen molar-refractivity contribution in [2.75, 3.05) is 26.2 Å². The van der Waals surface area contributed by atoms with E-state index in [1.54, 1.807) is 6.20 Å². The van der Waals surface area contributed by atoms with Crippen molar-refractivity contribution in [1.29, 1.82) is 0 Å². The van der Waals surface area contributed by atoms with Crippen LogP contribution in [-0.2, 0) is 0 Å². The molecule has 3 rings (SSSR count). The first-order valence-corrected chi connectivity index (χ1v) is 8.91. The average molecular weight is 330 g/mol. The third kappa shape index (κ3) is 3.93. The number of hydrogen-bond acceptors (Lipinski definition) is 5. The maximum absolute atomic E-state index is 12.3. The zero-order chi connectivity index (χ0) is 16.9. The van der Waals surface area contributed by atoms with Crippen molar-refractivity contribution >= 4 is 17.0 Å². The minimum atomic E-state index is -0.0843. The molecule has 0 unspecified atom stereocenters. The van der Waals surface area contributed by atoms with Gasteiger partial charge >= 0.3 is 0 Å². The molecule has 3 heterocycles. The monoisotopic (exact) mass is 330 g/mol. The van der Waals surface area contributed by atoms with E-state index < -0.39 is 0 Å². The number of piperidine rings is 1. The highest BCUT2D eigenvalue weighted by molar-refractivity contribution is 5.97. The van der Waals surface area contributed by atoms with Crippen molar-refractivity contribution in [3.8, 4) is 0 Å². The van der Waals surface area contributed by atoms with E-state index in [2.05, 4.69) is 20.4 Å². The third-order valence-corrected chi connectivity index (χ3v) is 4.55. The molecule has 130 valence electrons. The molecule has 1 saturated heterocycles. The number of hydrogen-bond donors (Lipinski definition) is 1. The van der Waals surface area contributed by atoms with E-state index in [9.17, 15) is 4.79 Å². The lowest BCUT2D eigenvalue weighted by Crippen LogP contribution is -2.33. The highest BCUT2D eigenvalue weighted by Gasteiger charge is 2.15. The average Bonchev–Trinajstić information content (AvgIpc) is 3.03. The summed E-state index contributed by atoms with van der Waals surface area (Å²) in [6.07, 6.45) is 6.48. The number of nitrogens with zero attached hydrogens (tertiary/aromatic N) is 3. The zero-order valence-corrected chi connectivity index (χ0v) is 14.5. The van der Waals surface area contributed by atoms with Crippen LogP contribution in [0.5, 0.6) is 0 Å². The highest BCUT2D eigenvalue weighted by atomic mass is 16.5. The van der Waals surface area contributed by atoms with E-state index in [0.717, 1.165) is 24.0 Å². The second-order valence-electron chi connectivity index (χ2n) is 6.81. The van der Waals surface area contributed by atoms with Gasteiger partial charge in [0.05, 0.1) is 16.6 Å². The van der Waals surface area contributed by atoms with Gasteiger partial charge in [-0.15, -0.1) is 0 Å². The maximum atomic E-state index is 12.3. The SMILES string of the molecule is CC(C)c1noc2ncc(C(=O)NCCCN3CCCCC3)cc12. The largest absolute Gasteiger partial charge is 0.352 e. The van der Waals surface area contributed by atoms with Gasteiger partial charge in [-0.25, -0.2) is 4.98 Å². The summed E-state index contributed by atoms with van der Waals surface area (Å²) < 4.78 is 5.21. The maximum Gasteiger partial charge on any atom is 0.257 e. The number of pyridine rings is 1. The Bertz CT molecular complexity index is 689. The summed E-state index contributed by atoms with van der Waals surface area (Å²) in [6.45, 7) is 8.23. The summed E-state index contributed by atoms with van der Waals surface area (Å²) >= 11 is 0. The summed E-state index contributed by atoms with van der Waals surface area (Å²) in [7, 11) is 0. The standard InChI is InChI=1S/C18H26N4O2/c1-13(2)16-15-11-14(12-20-18(15)24-21-16)17(23)19-7-6-10-22-8-4-3-5-9-22/h11-13H,3-10H2,1-2H3,(H,19,23). The molecule has 0 radical (unpaired) electrons. The number of aromatic nitrogens is 2. The van der Waals surface area contributed by atoms with Crippen LogP contribution < -0.4 is 5.32 Å². The van der Waals surface area contributed by atoms with Gasteiger partial charge in [0.25, 0.3) is 11.6 Å². The van der Waals surface area contributed by atoms with Crippen molar-refractivity contribution in [2.45, 2.75) is 45.4 Å². The number of fused-ring (bicyclic) bond motifs is 1. The first-order valence-electron chi connectivity index (χ1n) is 8.91. The van der Waals surface area contributed by atoms with Crippen LogP contribution in [0.3, 0.4) is 0 Å². The van der Waals surface area contributed by atoms with Gasteiger partial charge in [0, 0.05) is 12.7 Å². The molecule has 0 aromatic carbocycles. The second kappa shape index (κ2) is 7.75. The molecule has 1 aliphatic heterocycles. The second-order valence-corrected chi connectivity index (χ2v) is 6.81. The molecule has 1 fully saturated rings. The number of carbonyl (C=O) groups is 1. The fourth-order valence-corrected chi connectivity index (χ4v) is 3.18. The van der Waals surface area contributed by atoms with Gasteiger partial charge in [0.15, 0.2) is 0 Å². The van der Waals surface area contributed by atoms with Gasteiger partial charge in [-0.05, 0) is 50.9 Å². The van der Waals surface area contributed by atoms with Crippen molar-refractivity contribution in [3.05, 3.63) is 23.5 Å². The van der Waals surface area contributed by atoms with E-state index in [4.69, 9.17) is 4.52 Å². The highest BCUT2D eigenvalue weighted by Crippen LogP contribution is 2.23. The van der Waals surface area contributed by atoms with Gasteiger partial charge in [-0.2, -0.15) is 0 Å².